The molecule has 0 aromatic rings. The lowest BCUT2D eigenvalue weighted by Crippen LogP contribution is -2.54. The van der Waals surface area contributed by atoms with Crippen LogP contribution in [-0.4, -0.2) is 70.6 Å². The SMILES string of the molecule is C[C@@H](C(=O)O)N1CCN(C2CCSCC2)CC1. The molecular weight excluding hydrogens is 236 g/mol. The van der Waals surface area contributed by atoms with Gasteiger partial charge in [0.25, 0.3) is 0 Å². The molecule has 0 spiro atoms. The van der Waals surface area contributed by atoms with E-state index in [-0.39, 0.29) is 6.04 Å². The molecule has 0 unspecified atom stereocenters. The van der Waals surface area contributed by atoms with Crippen LogP contribution in [0.2, 0.25) is 0 Å². The first-order valence-electron chi connectivity index (χ1n) is 6.47. The first-order chi connectivity index (χ1) is 8.18. The number of thioether (sulfide) groups is 1. The zero-order valence-electron chi connectivity index (χ0n) is 10.5. The predicted octanol–water partition coefficient (Wildman–Crippen LogP) is 0.973. The van der Waals surface area contributed by atoms with E-state index in [0.717, 1.165) is 32.2 Å². The highest BCUT2D eigenvalue weighted by atomic mass is 32.2. The summed E-state index contributed by atoms with van der Waals surface area (Å²) in [5.74, 6) is 1.87. The maximum Gasteiger partial charge on any atom is 0.320 e. The summed E-state index contributed by atoms with van der Waals surface area (Å²) >= 11 is 2.06. The number of hydrogen-bond acceptors (Lipinski definition) is 4. The van der Waals surface area contributed by atoms with E-state index in [1.807, 2.05) is 0 Å². The molecule has 17 heavy (non-hydrogen) atoms. The lowest BCUT2D eigenvalue weighted by molar-refractivity contribution is -0.143. The van der Waals surface area contributed by atoms with Crippen LogP contribution in [0, 0.1) is 0 Å². The Morgan fingerprint density at radius 2 is 1.82 bits per heavy atom. The molecule has 2 heterocycles. The zero-order chi connectivity index (χ0) is 12.3. The normalized spacial score (nSPS) is 26.9. The van der Waals surface area contributed by atoms with Gasteiger partial charge in [-0.05, 0) is 31.3 Å². The number of piperazine rings is 1. The molecule has 2 rings (SSSR count). The molecule has 98 valence electrons. The molecule has 1 N–H and O–H groups in total. The summed E-state index contributed by atoms with van der Waals surface area (Å²) in [6.07, 6.45) is 2.61. The molecule has 4 nitrogen and oxygen atoms in total. The van der Waals surface area contributed by atoms with Crippen molar-refractivity contribution in [1.29, 1.82) is 0 Å². The van der Waals surface area contributed by atoms with Crippen LogP contribution >= 0.6 is 11.8 Å². The zero-order valence-corrected chi connectivity index (χ0v) is 11.3. The van der Waals surface area contributed by atoms with E-state index in [4.69, 9.17) is 5.11 Å². The second-order valence-electron chi connectivity index (χ2n) is 4.93. The van der Waals surface area contributed by atoms with Gasteiger partial charge in [-0.3, -0.25) is 14.6 Å². The number of carboxylic acid groups (broad SMARTS) is 1. The van der Waals surface area contributed by atoms with Crippen molar-refractivity contribution >= 4 is 17.7 Å². The third-order valence-corrected chi connectivity index (χ3v) is 5.01. The first kappa shape index (κ1) is 13.2. The Bertz CT molecular complexity index is 261. The molecule has 0 aromatic carbocycles. The Kier molecular flexibility index (Phi) is 4.70. The summed E-state index contributed by atoms with van der Waals surface area (Å²) in [7, 11) is 0. The van der Waals surface area contributed by atoms with Gasteiger partial charge in [0.05, 0.1) is 0 Å². The summed E-state index contributed by atoms with van der Waals surface area (Å²) in [4.78, 5) is 15.6. The molecule has 5 heteroatoms. The maximum atomic E-state index is 10.9. The van der Waals surface area contributed by atoms with Crippen LogP contribution in [0.15, 0.2) is 0 Å². The molecule has 2 aliphatic heterocycles. The topological polar surface area (TPSA) is 43.8 Å². The van der Waals surface area contributed by atoms with Gasteiger partial charge in [0.15, 0.2) is 0 Å². The largest absolute Gasteiger partial charge is 0.480 e. The smallest absolute Gasteiger partial charge is 0.320 e. The van der Waals surface area contributed by atoms with Crippen molar-refractivity contribution in [3.05, 3.63) is 0 Å². The van der Waals surface area contributed by atoms with Crippen LogP contribution in [0.25, 0.3) is 0 Å². The predicted molar refractivity (Wildman–Crippen MR) is 70.6 cm³/mol. The van der Waals surface area contributed by atoms with Crippen molar-refractivity contribution in [1.82, 2.24) is 9.80 Å². The van der Waals surface area contributed by atoms with Crippen LogP contribution in [0.3, 0.4) is 0 Å². The average molecular weight is 258 g/mol. The van der Waals surface area contributed by atoms with Crippen molar-refractivity contribution < 1.29 is 9.90 Å². The highest BCUT2D eigenvalue weighted by Crippen LogP contribution is 2.23. The highest BCUT2D eigenvalue weighted by Gasteiger charge is 2.28. The molecule has 0 aromatic heterocycles. The molecule has 2 aliphatic rings. The van der Waals surface area contributed by atoms with Crippen LogP contribution in [0.4, 0.5) is 0 Å². The fourth-order valence-electron chi connectivity index (χ4n) is 2.70. The van der Waals surface area contributed by atoms with Crippen LogP contribution in [-0.2, 0) is 4.79 Å². The van der Waals surface area contributed by atoms with Gasteiger partial charge in [0.2, 0.25) is 0 Å². The maximum absolute atomic E-state index is 10.9. The number of nitrogens with zero attached hydrogens (tertiary/aromatic N) is 2. The standard InChI is InChI=1S/C12H22N2O2S/c1-10(12(15)16)13-4-6-14(7-5-13)11-2-8-17-9-3-11/h10-11H,2-9H2,1H3,(H,15,16)/t10-/m0/s1. The van der Waals surface area contributed by atoms with E-state index >= 15 is 0 Å². The van der Waals surface area contributed by atoms with Crippen molar-refractivity contribution in [3.63, 3.8) is 0 Å². The molecule has 0 aliphatic carbocycles. The fraction of sp³-hybridized carbons (Fsp3) is 0.917. The quantitative estimate of drug-likeness (QED) is 0.817. The molecule has 2 fully saturated rings. The van der Waals surface area contributed by atoms with Gasteiger partial charge in [0.1, 0.15) is 6.04 Å². The van der Waals surface area contributed by atoms with Gasteiger partial charge >= 0.3 is 5.97 Å². The van der Waals surface area contributed by atoms with Crippen molar-refractivity contribution in [2.24, 2.45) is 0 Å². The average Bonchev–Trinajstić information content (AvgIpc) is 2.39. The van der Waals surface area contributed by atoms with Crippen LogP contribution < -0.4 is 0 Å². The first-order valence-corrected chi connectivity index (χ1v) is 7.62. The fourth-order valence-corrected chi connectivity index (χ4v) is 3.78. The highest BCUT2D eigenvalue weighted by molar-refractivity contribution is 7.99. The molecule has 2 saturated heterocycles. The number of hydrogen-bond donors (Lipinski definition) is 1. The number of carbonyl (C=O) groups is 1. The number of aliphatic carboxylic acids is 1. The third-order valence-electron chi connectivity index (χ3n) is 3.96. The summed E-state index contributed by atoms with van der Waals surface area (Å²) in [5, 5.41) is 8.99. The lowest BCUT2D eigenvalue weighted by atomic mass is 10.1. The molecule has 0 amide bonds. The minimum Gasteiger partial charge on any atom is -0.480 e. The van der Waals surface area contributed by atoms with Crippen molar-refractivity contribution in [2.45, 2.75) is 31.8 Å². The van der Waals surface area contributed by atoms with Crippen LogP contribution in [0.5, 0.6) is 0 Å². The van der Waals surface area contributed by atoms with E-state index in [1.165, 1.54) is 24.3 Å². The minimum atomic E-state index is -0.701. The van der Waals surface area contributed by atoms with Crippen LogP contribution in [0.1, 0.15) is 19.8 Å². The van der Waals surface area contributed by atoms with Crippen molar-refractivity contribution in [3.8, 4) is 0 Å². The van der Waals surface area contributed by atoms with Gasteiger partial charge in [-0.2, -0.15) is 11.8 Å². The van der Waals surface area contributed by atoms with Gasteiger partial charge < -0.3 is 5.11 Å². The van der Waals surface area contributed by atoms with E-state index in [0.29, 0.717) is 0 Å². The second-order valence-corrected chi connectivity index (χ2v) is 6.15. The molecule has 0 saturated carbocycles. The molecule has 1 atom stereocenters. The monoisotopic (exact) mass is 258 g/mol. The Morgan fingerprint density at radius 1 is 1.24 bits per heavy atom. The Hall–Kier alpha value is -0.260. The number of carboxylic acids is 1. The molecular formula is C12H22N2O2S. The Balaban J connectivity index is 1.79. The Morgan fingerprint density at radius 3 is 2.35 bits per heavy atom. The van der Waals surface area contributed by atoms with E-state index in [2.05, 4.69) is 21.6 Å². The molecule has 0 bridgehead atoms. The van der Waals surface area contributed by atoms with E-state index in [9.17, 15) is 4.79 Å². The van der Waals surface area contributed by atoms with Gasteiger partial charge in [-0.1, -0.05) is 0 Å². The molecule has 0 radical (unpaired) electrons. The summed E-state index contributed by atoms with van der Waals surface area (Å²) in [6, 6.07) is 0.414. The minimum absolute atomic E-state index is 0.334. The third kappa shape index (κ3) is 3.36. The van der Waals surface area contributed by atoms with E-state index in [1.54, 1.807) is 6.92 Å². The summed E-state index contributed by atoms with van der Waals surface area (Å²) < 4.78 is 0. The van der Waals surface area contributed by atoms with Crippen molar-refractivity contribution in [2.75, 3.05) is 37.7 Å². The summed E-state index contributed by atoms with van der Waals surface area (Å²) in [6.45, 7) is 5.66. The van der Waals surface area contributed by atoms with Gasteiger partial charge in [-0.15, -0.1) is 0 Å². The number of rotatable bonds is 3. The van der Waals surface area contributed by atoms with Gasteiger partial charge in [-0.25, -0.2) is 0 Å². The Labute approximate surface area is 107 Å². The second kappa shape index (κ2) is 6.07. The lowest BCUT2D eigenvalue weighted by Gasteiger charge is -2.41. The van der Waals surface area contributed by atoms with E-state index < -0.39 is 5.97 Å². The van der Waals surface area contributed by atoms with Gasteiger partial charge in [0, 0.05) is 32.2 Å². The summed E-state index contributed by atoms with van der Waals surface area (Å²) in [5.41, 5.74) is 0.